The Kier molecular flexibility index (Phi) is 10.0. The van der Waals surface area contributed by atoms with Crippen LogP contribution in [0.3, 0.4) is 0 Å². The van der Waals surface area contributed by atoms with Crippen LogP contribution < -0.4 is 9.50 Å². The number of aryl methyl sites for hydroxylation is 2. The van der Waals surface area contributed by atoms with E-state index in [1.807, 2.05) is 6.92 Å². The molecule has 1 radical (unpaired) electrons. The molecule has 0 heterocycles. The molecular formula is C26H22N4NaO8S2. The number of rotatable bonds is 9. The molecule has 41 heavy (non-hydrogen) atoms. The van der Waals surface area contributed by atoms with Gasteiger partial charge in [0.1, 0.15) is 15.5 Å². The van der Waals surface area contributed by atoms with Crippen molar-refractivity contribution >= 4 is 78.2 Å². The summed E-state index contributed by atoms with van der Waals surface area (Å²) in [5.74, 6) is 0.158. The van der Waals surface area contributed by atoms with Crippen LogP contribution in [0.4, 0.5) is 28.4 Å². The van der Waals surface area contributed by atoms with Crippen LogP contribution in [0.15, 0.2) is 105 Å². The maximum Gasteiger partial charge on any atom is 0.339 e. The number of hydrogen-bond donors (Lipinski definition) is 2. The molecule has 0 atom stereocenters. The molecule has 2 N–H and O–H groups in total. The van der Waals surface area contributed by atoms with E-state index in [2.05, 4.69) is 15.5 Å². The molecule has 0 aromatic heterocycles. The van der Waals surface area contributed by atoms with E-state index in [0.717, 1.165) is 17.7 Å². The number of benzene rings is 4. The summed E-state index contributed by atoms with van der Waals surface area (Å²) >= 11 is 0. The molecule has 15 heteroatoms. The molecule has 0 fully saturated rings. The van der Waals surface area contributed by atoms with Crippen molar-refractivity contribution in [3.05, 3.63) is 106 Å². The molecule has 0 amide bonds. The second-order valence-corrected chi connectivity index (χ2v) is 11.5. The van der Waals surface area contributed by atoms with Gasteiger partial charge in [0.05, 0.1) is 22.0 Å². The number of hydrogen-bond acceptors (Lipinski definition) is 10. The van der Waals surface area contributed by atoms with Crippen molar-refractivity contribution in [3.63, 3.8) is 0 Å². The molecule has 0 aliphatic rings. The Labute approximate surface area is 258 Å². The smallest absolute Gasteiger partial charge is 0.339 e. The third kappa shape index (κ3) is 8.19. The number of nitro benzene ring substituents is 1. The van der Waals surface area contributed by atoms with Gasteiger partial charge in [0, 0.05) is 47.4 Å². The first-order chi connectivity index (χ1) is 18.8. The molecule has 0 unspecified atom stereocenters. The minimum absolute atomic E-state index is 0. The SMILES string of the molecule is Cc1ccc(S(=O)(=O)Oc2ccc(N=Nc3ccc(Nc4ccc([N+](=O)[O-])cc4S(=O)(=O)O)cc3)cc2C)cc1.[Na]. The summed E-state index contributed by atoms with van der Waals surface area (Å²) < 4.78 is 63.3. The minimum Gasteiger partial charge on any atom is -0.379 e. The second kappa shape index (κ2) is 12.9. The summed E-state index contributed by atoms with van der Waals surface area (Å²) in [4.78, 5) is 9.60. The van der Waals surface area contributed by atoms with Gasteiger partial charge in [-0.2, -0.15) is 27.1 Å². The van der Waals surface area contributed by atoms with Crippen molar-refractivity contribution in [2.24, 2.45) is 10.2 Å². The van der Waals surface area contributed by atoms with Crippen LogP contribution in [0.2, 0.25) is 0 Å². The molecule has 12 nitrogen and oxygen atoms in total. The normalized spacial score (nSPS) is 11.6. The molecule has 0 saturated heterocycles. The van der Waals surface area contributed by atoms with Gasteiger partial charge in [0.2, 0.25) is 0 Å². The Balaban J connectivity index is 0.00000462. The topological polar surface area (TPSA) is 178 Å². The molecule has 4 aromatic carbocycles. The first kappa shape index (κ1) is 31.9. The summed E-state index contributed by atoms with van der Waals surface area (Å²) in [6.45, 7) is 3.53. The number of nitro groups is 1. The number of nitrogens with zero attached hydrogens (tertiary/aromatic N) is 3. The van der Waals surface area contributed by atoms with Crippen LogP contribution >= 0.6 is 0 Å². The number of non-ortho nitro benzene ring substituents is 1. The van der Waals surface area contributed by atoms with Crippen LogP contribution in [-0.2, 0) is 20.2 Å². The van der Waals surface area contributed by atoms with E-state index >= 15 is 0 Å². The quantitative estimate of drug-likeness (QED) is 0.0578. The van der Waals surface area contributed by atoms with E-state index in [1.54, 1.807) is 55.5 Å². The Morgan fingerprint density at radius 3 is 2.02 bits per heavy atom. The van der Waals surface area contributed by atoms with E-state index in [0.29, 0.717) is 22.6 Å². The first-order valence-electron chi connectivity index (χ1n) is 11.5. The van der Waals surface area contributed by atoms with Crippen molar-refractivity contribution in [2.45, 2.75) is 23.6 Å². The maximum absolute atomic E-state index is 12.6. The maximum atomic E-state index is 12.6. The van der Waals surface area contributed by atoms with Crippen LogP contribution in [0.5, 0.6) is 5.75 Å². The van der Waals surface area contributed by atoms with Crippen molar-refractivity contribution in [3.8, 4) is 5.75 Å². The molecule has 207 valence electrons. The van der Waals surface area contributed by atoms with Crippen molar-refractivity contribution < 1.29 is 30.5 Å². The Bertz CT molecular complexity index is 1830. The van der Waals surface area contributed by atoms with Crippen LogP contribution in [0, 0.1) is 24.0 Å². The Hall–Kier alpha value is -3.66. The van der Waals surface area contributed by atoms with Crippen molar-refractivity contribution in [1.29, 1.82) is 0 Å². The van der Waals surface area contributed by atoms with Crippen molar-refractivity contribution in [2.75, 3.05) is 5.32 Å². The molecule has 4 aromatic rings. The van der Waals surface area contributed by atoms with Crippen molar-refractivity contribution in [1.82, 2.24) is 0 Å². The second-order valence-electron chi connectivity index (χ2n) is 8.58. The Morgan fingerprint density at radius 2 is 1.44 bits per heavy atom. The zero-order valence-electron chi connectivity index (χ0n) is 22.0. The van der Waals surface area contributed by atoms with E-state index in [9.17, 15) is 31.5 Å². The van der Waals surface area contributed by atoms with Gasteiger partial charge in [0.15, 0.2) is 0 Å². The van der Waals surface area contributed by atoms with Crippen LogP contribution in [0.25, 0.3) is 0 Å². The van der Waals surface area contributed by atoms with Gasteiger partial charge in [-0.15, -0.1) is 0 Å². The molecular weight excluding hydrogens is 583 g/mol. The number of azo groups is 1. The third-order valence-electron chi connectivity index (χ3n) is 5.55. The predicted molar refractivity (Wildman–Crippen MR) is 153 cm³/mol. The third-order valence-corrected chi connectivity index (χ3v) is 7.69. The number of anilines is 2. The average molecular weight is 606 g/mol. The molecule has 0 aliphatic carbocycles. The Morgan fingerprint density at radius 1 is 0.829 bits per heavy atom. The van der Waals surface area contributed by atoms with E-state index < -0.39 is 35.7 Å². The zero-order chi connectivity index (χ0) is 29.1. The predicted octanol–water partition coefficient (Wildman–Crippen LogP) is 6.00. The monoisotopic (exact) mass is 605 g/mol. The largest absolute Gasteiger partial charge is 0.379 e. The van der Waals surface area contributed by atoms with Gasteiger partial charge >= 0.3 is 10.1 Å². The van der Waals surface area contributed by atoms with Gasteiger partial charge in [-0.3, -0.25) is 14.7 Å². The van der Waals surface area contributed by atoms with E-state index in [4.69, 9.17) is 4.18 Å². The summed E-state index contributed by atoms with van der Waals surface area (Å²) in [7, 11) is -8.73. The van der Waals surface area contributed by atoms with E-state index in [-0.39, 0.29) is 45.9 Å². The van der Waals surface area contributed by atoms with Gasteiger partial charge in [-0.1, -0.05) is 17.7 Å². The fourth-order valence-electron chi connectivity index (χ4n) is 3.48. The van der Waals surface area contributed by atoms with Gasteiger partial charge in [0.25, 0.3) is 15.8 Å². The van der Waals surface area contributed by atoms with E-state index in [1.165, 1.54) is 24.3 Å². The summed E-state index contributed by atoms with van der Waals surface area (Å²) in [5.41, 5.74) is 2.23. The first-order valence-corrected chi connectivity index (χ1v) is 14.3. The molecule has 4 rings (SSSR count). The fraction of sp³-hybridized carbons (Fsp3) is 0.0769. The fourth-order valence-corrected chi connectivity index (χ4v) is 5.14. The van der Waals surface area contributed by atoms with Crippen LogP contribution in [0.1, 0.15) is 11.1 Å². The summed E-state index contributed by atoms with van der Waals surface area (Å²) in [6, 6.07) is 20.3. The van der Waals surface area contributed by atoms with Gasteiger partial charge < -0.3 is 9.50 Å². The average Bonchev–Trinajstić information content (AvgIpc) is 2.89. The minimum atomic E-state index is -4.73. The molecule has 0 spiro atoms. The molecule has 0 bridgehead atoms. The number of nitrogens with one attached hydrogen (secondary N) is 1. The van der Waals surface area contributed by atoms with Gasteiger partial charge in [-0.25, -0.2) is 0 Å². The van der Waals surface area contributed by atoms with Crippen LogP contribution in [-0.4, -0.2) is 55.9 Å². The summed E-state index contributed by atoms with van der Waals surface area (Å²) in [6.07, 6.45) is 0. The van der Waals surface area contributed by atoms with Gasteiger partial charge in [-0.05, 0) is 80.1 Å². The standard InChI is InChI=1S/C26H22N4O8S2.Na/c1-17-3-11-23(12-4-17)40(36,37)38-25-14-9-21(15-18(25)2)29-28-20-7-5-19(6-8-20)27-24-13-10-22(30(31)32)16-26(24)39(33,34)35;/h3-16,27H,1-2H3,(H,33,34,35);. The molecule has 0 saturated carbocycles. The summed E-state index contributed by atoms with van der Waals surface area (Å²) in [5, 5.41) is 22.1. The zero-order valence-corrected chi connectivity index (χ0v) is 25.7. The molecule has 0 aliphatic heterocycles.